The summed E-state index contributed by atoms with van der Waals surface area (Å²) in [4.78, 5) is 8.82. The predicted molar refractivity (Wildman–Crippen MR) is 75.5 cm³/mol. The lowest BCUT2D eigenvalue weighted by Crippen LogP contribution is -1.91. The van der Waals surface area contributed by atoms with E-state index in [1.54, 1.807) is 6.20 Å². The number of hydrogen-bond donors (Lipinski definition) is 0. The molecule has 0 bridgehead atoms. The van der Waals surface area contributed by atoms with Crippen LogP contribution in [0, 0.1) is 13.8 Å². The molecule has 3 aromatic rings. The second-order valence-corrected chi connectivity index (χ2v) is 4.62. The minimum absolute atomic E-state index is 0.514. The summed E-state index contributed by atoms with van der Waals surface area (Å²) in [6.45, 7) is 4.08. The molecule has 0 atom stereocenters. The average Bonchev–Trinajstić information content (AvgIpc) is 2.42. The second-order valence-electron chi connectivity index (χ2n) is 4.62. The number of aryl methyl sites for hydroxylation is 2. The van der Waals surface area contributed by atoms with Gasteiger partial charge in [-0.05, 0) is 43.7 Å². The lowest BCUT2D eigenvalue weighted by molar-refractivity contribution is 0.462. The fourth-order valence-corrected chi connectivity index (χ4v) is 1.88. The molecular formula is C16H14N2O. The molecule has 3 nitrogen and oxygen atoms in total. The van der Waals surface area contributed by atoms with E-state index in [0.29, 0.717) is 5.88 Å². The zero-order valence-electron chi connectivity index (χ0n) is 10.9. The molecule has 19 heavy (non-hydrogen) atoms. The molecule has 0 aliphatic rings. The van der Waals surface area contributed by atoms with Crippen LogP contribution in [-0.2, 0) is 0 Å². The van der Waals surface area contributed by atoms with Crippen LogP contribution in [0.15, 0.2) is 48.7 Å². The van der Waals surface area contributed by atoms with Gasteiger partial charge in [-0.25, -0.2) is 9.97 Å². The summed E-state index contributed by atoms with van der Waals surface area (Å²) < 4.78 is 5.70. The van der Waals surface area contributed by atoms with Crippen molar-refractivity contribution in [1.29, 1.82) is 0 Å². The second kappa shape index (κ2) is 4.69. The smallest absolute Gasteiger partial charge is 0.238 e. The van der Waals surface area contributed by atoms with E-state index in [1.807, 2.05) is 56.3 Å². The van der Waals surface area contributed by atoms with E-state index in [4.69, 9.17) is 4.74 Å². The number of benzene rings is 2. The molecule has 0 fully saturated rings. The van der Waals surface area contributed by atoms with Crippen LogP contribution >= 0.6 is 0 Å². The third-order valence-corrected chi connectivity index (χ3v) is 2.92. The van der Waals surface area contributed by atoms with Crippen LogP contribution in [0.5, 0.6) is 11.6 Å². The van der Waals surface area contributed by atoms with Crippen molar-refractivity contribution >= 4 is 11.0 Å². The van der Waals surface area contributed by atoms with E-state index in [2.05, 4.69) is 9.97 Å². The van der Waals surface area contributed by atoms with Crippen LogP contribution in [0.25, 0.3) is 11.0 Å². The molecule has 0 unspecified atom stereocenters. The highest BCUT2D eigenvalue weighted by atomic mass is 16.5. The fraction of sp³-hybridized carbons (Fsp3) is 0.125. The van der Waals surface area contributed by atoms with Gasteiger partial charge < -0.3 is 4.74 Å². The average molecular weight is 250 g/mol. The van der Waals surface area contributed by atoms with Crippen LogP contribution < -0.4 is 4.74 Å². The number of hydrogen-bond acceptors (Lipinski definition) is 3. The largest absolute Gasteiger partial charge is 0.437 e. The Bertz CT molecular complexity index is 720. The molecule has 0 aliphatic heterocycles. The minimum Gasteiger partial charge on any atom is -0.437 e. The van der Waals surface area contributed by atoms with Gasteiger partial charge in [-0.2, -0.15) is 0 Å². The molecule has 3 rings (SSSR count). The van der Waals surface area contributed by atoms with Gasteiger partial charge in [-0.15, -0.1) is 0 Å². The third-order valence-electron chi connectivity index (χ3n) is 2.92. The van der Waals surface area contributed by atoms with Gasteiger partial charge in [-0.3, -0.25) is 0 Å². The molecule has 1 aromatic heterocycles. The van der Waals surface area contributed by atoms with Gasteiger partial charge >= 0.3 is 0 Å². The van der Waals surface area contributed by atoms with E-state index in [9.17, 15) is 0 Å². The van der Waals surface area contributed by atoms with E-state index in [0.717, 1.165) is 16.8 Å². The maximum Gasteiger partial charge on any atom is 0.238 e. The normalized spacial score (nSPS) is 10.6. The summed E-state index contributed by atoms with van der Waals surface area (Å²) in [5.74, 6) is 1.28. The van der Waals surface area contributed by atoms with Crippen molar-refractivity contribution in [2.24, 2.45) is 0 Å². The molecule has 0 saturated carbocycles. The highest BCUT2D eigenvalue weighted by molar-refractivity contribution is 5.75. The van der Waals surface area contributed by atoms with E-state index < -0.39 is 0 Å². The van der Waals surface area contributed by atoms with Crippen molar-refractivity contribution in [2.75, 3.05) is 0 Å². The van der Waals surface area contributed by atoms with Gasteiger partial charge in [0.25, 0.3) is 0 Å². The molecule has 2 aromatic carbocycles. The molecule has 0 radical (unpaired) electrons. The first kappa shape index (κ1) is 11.7. The van der Waals surface area contributed by atoms with Crippen LogP contribution in [0.1, 0.15) is 11.1 Å². The first-order chi connectivity index (χ1) is 9.20. The fourth-order valence-electron chi connectivity index (χ4n) is 1.88. The highest BCUT2D eigenvalue weighted by Crippen LogP contribution is 2.21. The highest BCUT2D eigenvalue weighted by Gasteiger charge is 2.02. The number of aromatic nitrogens is 2. The molecular weight excluding hydrogens is 236 g/mol. The standard InChI is InChI=1S/C16H14N2O/c1-11-3-6-13(7-4-11)19-16-10-17-15-9-12(2)5-8-14(15)18-16/h3-10H,1-2H3. The van der Waals surface area contributed by atoms with Crippen molar-refractivity contribution in [1.82, 2.24) is 9.97 Å². The van der Waals surface area contributed by atoms with Gasteiger partial charge in [0.05, 0.1) is 17.2 Å². The summed E-state index contributed by atoms with van der Waals surface area (Å²) in [6.07, 6.45) is 1.65. The van der Waals surface area contributed by atoms with Gasteiger partial charge in [0, 0.05) is 0 Å². The topological polar surface area (TPSA) is 35.0 Å². The summed E-state index contributed by atoms with van der Waals surface area (Å²) in [6, 6.07) is 13.9. The Labute approximate surface area is 111 Å². The van der Waals surface area contributed by atoms with Gasteiger partial charge in [0.1, 0.15) is 5.75 Å². The maximum atomic E-state index is 5.70. The molecule has 0 amide bonds. The van der Waals surface area contributed by atoms with Crippen molar-refractivity contribution in [3.8, 4) is 11.6 Å². The SMILES string of the molecule is Cc1ccc(Oc2cnc3cc(C)ccc3n2)cc1. The Hall–Kier alpha value is -2.42. The summed E-state index contributed by atoms with van der Waals surface area (Å²) in [7, 11) is 0. The lowest BCUT2D eigenvalue weighted by atomic mass is 10.2. The Balaban J connectivity index is 1.93. The van der Waals surface area contributed by atoms with Crippen molar-refractivity contribution in [3.63, 3.8) is 0 Å². The molecule has 0 N–H and O–H groups in total. The van der Waals surface area contributed by atoms with E-state index >= 15 is 0 Å². The van der Waals surface area contributed by atoms with E-state index in [-0.39, 0.29) is 0 Å². The summed E-state index contributed by atoms with van der Waals surface area (Å²) in [5.41, 5.74) is 4.10. The first-order valence-electron chi connectivity index (χ1n) is 6.19. The molecule has 3 heteroatoms. The van der Waals surface area contributed by atoms with Crippen LogP contribution in [0.4, 0.5) is 0 Å². The number of ether oxygens (including phenoxy) is 1. The molecule has 1 heterocycles. The summed E-state index contributed by atoms with van der Waals surface area (Å²) in [5, 5.41) is 0. The molecule has 94 valence electrons. The monoisotopic (exact) mass is 250 g/mol. The van der Waals surface area contributed by atoms with Gasteiger partial charge in [0.2, 0.25) is 5.88 Å². The van der Waals surface area contributed by atoms with Crippen molar-refractivity contribution < 1.29 is 4.74 Å². The molecule has 0 spiro atoms. The van der Waals surface area contributed by atoms with Crippen molar-refractivity contribution in [3.05, 3.63) is 59.8 Å². The van der Waals surface area contributed by atoms with Crippen LogP contribution in [0.3, 0.4) is 0 Å². The lowest BCUT2D eigenvalue weighted by Gasteiger charge is -2.05. The number of rotatable bonds is 2. The number of fused-ring (bicyclic) bond motifs is 1. The molecule has 0 aliphatic carbocycles. The first-order valence-corrected chi connectivity index (χ1v) is 6.19. The van der Waals surface area contributed by atoms with Crippen molar-refractivity contribution in [2.45, 2.75) is 13.8 Å². The van der Waals surface area contributed by atoms with Crippen LogP contribution in [0.2, 0.25) is 0 Å². The quantitative estimate of drug-likeness (QED) is 0.688. The predicted octanol–water partition coefficient (Wildman–Crippen LogP) is 4.04. The van der Waals surface area contributed by atoms with Gasteiger partial charge in [0.15, 0.2) is 0 Å². The zero-order valence-corrected chi connectivity index (χ0v) is 10.9. The number of nitrogens with zero attached hydrogens (tertiary/aromatic N) is 2. The zero-order chi connectivity index (χ0) is 13.2. The minimum atomic E-state index is 0.514. The Morgan fingerprint density at radius 3 is 2.37 bits per heavy atom. The molecule has 0 saturated heterocycles. The maximum absolute atomic E-state index is 5.70. The summed E-state index contributed by atoms with van der Waals surface area (Å²) >= 11 is 0. The van der Waals surface area contributed by atoms with Gasteiger partial charge in [-0.1, -0.05) is 23.8 Å². The van der Waals surface area contributed by atoms with E-state index in [1.165, 1.54) is 11.1 Å². The Morgan fingerprint density at radius 1 is 0.842 bits per heavy atom. The Morgan fingerprint density at radius 2 is 1.58 bits per heavy atom. The van der Waals surface area contributed by atoms with Crippen LogP contribution in [-0.4, -0.2) is 9.97 Å². The Kier molecular flexibility index (Phi) is 2.88. The third kappa shape index (κ3) is 2.55.